The molecule has 0 spiro atoms. The zero-order valence-electron chi connectivity index (χ0n) is 13.4. The lowest BCUT2D eigenvalue weighted by Gasteiger charge is -2.07. The molecule has 0 radical (unpaired) electrons. The molecular formula is C14H13ClN4O5S. The van der Waals surface area contributed by atoms with Gasteiger partial charge in [-0.1, -0.05) is 0 Å². The van der Waals surface area contributed by atoms with Crippen molar-refractivity contribution in [2.75, 3.05) is 7.11 Å². The number of nitrogens with zero attached hydrogens (tertiary/aromatic N) is 3. The molecule has 0 saturated heterocycles. The van der Waals surface area contributed by atoms with E-state index in [-0.39, 0.29) is 27.6 Å². The molecule has 0 saturated carbocycles. The first-order chi connectivity index (χ1) is 11.6. The van der Waals surface area contributed by atoms with Gasteiger partial charge in [-0.05, 0) is 12.1 Å². The maximum atomic E-state index is 12.2. The number of fused-ring (bicyclic) bond motifs is 1. The van der Waals surface area contributed by atoms with E-state index < -0.39 is 20.3 Å². The predicted molar refractivity (Wildman–Crippen MR) is 91.6 cm³/mol. The van der Waals surface area contributed by atoms with Gasteiger partial charge >= 0.3 is 5.69 Å². The molecule has 0 unspecified atom stereocenters. The molecule has 3 rings (SSSR count). The molecule has 0 aliphatic heterocycles. The molecule has 0 aliphatic carbocycles. The van der Waals surface area contributed by atoms with Crippen molar-refractivity contribution < 1.29 is 13.2 Å². The lowest BCUT2D eigenvalue weighted by Crippen LogP contribution is -2.36. The Balaban J connectivity index is 2.31. The number of benzene rings is 1. The molecule has 25 heavy (non-hydrogen) atoms. The van der Waals surface area contributed by atoms with Gasteiger partial charge in [-0.2, -0.15) is 0 Å². The fraction of sp³-hybridized carbons (Fsp3) is 0.214. The summed E-state index contributed by atoms with van der Waals surface area (Å²) in [5.41, 5.74) is -0.283. The summed E-state index contributed by atoms with van der Waals surface area (Å²) in [7, 11) is 5.64. The average molecular weight is 385 g/mol. The molecule has 0 amide bonds. The van der Waals surface area contributed by atoms with Gasteiger partial charge in [0.1, 0.15) is 17.1 Å². The van der Waals surface area contributed by atoms with Crippen LogP contribution in [0.1, 0.15) is 0 Å². The summed E-state index contributed by atoms with van der Waals surface area (Å²) in [6, 6.07) is 4.00. The van der Waals surface area contributed by atoms with Gasteiger partial charge in [0.25, 0.3) is 14.6 Å². The first kappa shape index (κ1) is 17.2. The summed E-state index contributed by atoms with van der Waals surface area (Å²) in [5, 5.41) is 0. The summed E-state index contributed by atoms with van der Waals surface area (Å²) in [4.78, 5) is 31.2. The minimum Gasteiger partial charge on any atom is -0.496 e. The number of aromatic nitrogens is 4. The van der Waals surface area contributed by atoms with E-state index in [1.807, 2.05) is 0 Å². The van der Waals surface area contributed by atoms with Crippen molar-refractivity contribution in [3.8, 4) is 17.1 Å². The van der Waals surface area contributed by atoms with E-state index in [0.29, 0.717) is 5.56 Å². The normalized spacial score (nSPS) is 11.8. The highest BCUT2D eigenvalue weighted by Crippen LogP contribution is 2.32. The van der Waals surface area contributed by atoms with E-state index in [4.69, 9.17) is 15.4 Å². The van der Waals surface area contributed by atoms with Crippen LogP contribution in [0.25, 0.3) is 22.6 Å². The van der Waals surface area contributed by atoms with E-state index in [0.717, 1.165) is 4.57 Å². The van der Waals surface area contributed by atoms with Crippen LogP contribution in [0, 0.1) is 0 Å². The minimum absolute atomic E-state index is 0.130. The van der Waals surface area contributed by atoms with Crippen molar-refractivity contribution in [1.29, 1.82) is 0 Å². The van der Waals surface area contributed by atoms with Crippen LogP contribution in [0.5, 0.6) is 5.75 Å². The lowest BCUT2D eigenvalue weighted by atomic mass is 10.2. The van der Waals surface area contributed by atoms with E-state index >= 15 is 0 Å². The number of imidazole rings is 1. The summed E-state index contributed by atoms with van der Waals surface area (Å²) in [6.45, 7) is 0. The Morgan fingerprint density at radius 2 is 1.88 bits per heavy atom. The molecule has 9 nitrogen and oxygen atoms in total. The molecule has 1 N–H and O–H groups in total. The van der Waals surface area contributed by atoms with Crippen LogP contribution in [0.15, 0.2) is 32.7 Å². The lowest BCUT2D eigenvalue weighted by molar-refractivity contribution is 0.415. The Bertz CT molecular complexity index is 1220. The van der Waals surface area contributed by atoms with E-state index in [1.54, 1.807) is 0 Å². The van der Waals surface area contributed by atoms with Gasteiger partial charge in [0, 0.05) is 30.8 Å². The van der Waals surface area contributed by atoms with Crippen LogP contribution in [0.4, 0.5) is 0 Å². The molecule has 0 atom stereocenters. The summed E-state index contributed by atoms with van der Waals surface area (Å²) in [5.74, 6) is 0.450. The molecule has 2 aromatic heterocycles. The van der Waals surface area contributed by atoms with Crippen LogP contribution < -0.4 is 16.0 Å². The molecular weight excluding hydrogens is 372 g/mol. The number of rotatable bonds is 3. The second-order valence-electron chi connectivity index (χ2n) is 5.29. The van der Waals surface area contributed by atoms with Crippen molar-refractivity contribution in [2.45, 2.75) is 4.90 Å². The number of hydrogen-bond donors (Lipinski definition) is 1. The zero-order valence-corrected chi connectivity index (χ0v) is 15.0. The Morgan fingerprint density at radius 1 is 1.20 bits per heavy atom. The molecule has 0 aliphatic rings. The zero-order chi connectivity index (χ0) is 18.5. The second-order valence-corrected chi connectivity index (χ2v) is 7.86. The van der Waals surface area contributed by atoms with Crippen LogP contribution in [-0.2, 0) is 23.1 Å². The Morgan fingerprint density at radius 3 is 2.48 bits per heavy atom. The number of methoxy groups -OCH3 is 1. The average Bonchev–Trinajstić information content (AvgIpc) is 3.02. The fourth-order valence-corrected chi connectivity index (χ4v) is 3.24. The number of nitrogens with one attached hydrogen (secondary N) is 1. The molecule has 0 fully saturated rings. The Labute approximate surface area is 145 Å². The molecule has 132 valence electrons. The summed E-state index contributed by atoms with van der Waals surface area (Å²) < 4.78 is 30.3. The van der Waals surface area contributed by atoms with Crippen molar-refractivity contribution >= 4 is 30.9 Å². The van der Waals surface area contributed by atoms with Gasteiger partial charge in [0.2, 0.25) is 0 Å². The predicted octanol–water partition coefficient (Wildman–Crippen LogP) is 0.563. The smallest absolute Gasteiger partial charge is 0.332 e. The van der Waals surface area contributed by atoms with Crippen molar-refractivity contribution in [3.05, 3.63) is 39.0 Å². The number of aromatic amines is 1. The second kappa shape index (κ2) is 5.74. The summed E-state index contributed by atoms with van der Waals surface area (Å²) in [6.07, 6.45) is 0. The standard InChI is InChI=1S/C14H13ClN4O5S/c1-18-12-10(13(20)19(2)14(18)21)16-11(17-12)8-5-4-7(25(15,22)23)6-9(8)24-3/h4-6H,1-3H3,(H,16,17). The Hall–Kier alpha value is -2.59. The van der Waals surface area contributed by atoms with E-state index in [9.17, 15) is 18.0 Å². The number of ether oxygens (including phenoxy) is 1. The first-order valence-electron chi connectivity index (χ1n) is 6.94. The van der Waals surface area contributed by atoms with Gasteiger partial charge < -0.3 is 9.72 Å². The highest BCUT2D eigenvalue weighted by molar-refractivity contribution is 8.13. The fourth-order valence-electron chi connectivity index (χ4n) is 2.47. The largest absolute Gasteiger partial charge is 0.496 e. The first-order valence-corrected chi connectivity index (χ1v) is 9.25. The number of hydrogen-bond acceptors (Lipinski definition) is 6. The maximum Gasteiger partial charge on any atom is 0.332 e. The topological polar surface area (TPSA) is 116 Å². The quantitative estimate of drug-likeness (QED) is 0.660. The van der Waals surface area contributed by atoms with Gasteiger partial charge in [0.05, 0.1) is 17.6 Å². The van der Waals surface area contributed by atoms with Gasteiger partial charge in [-0.25, -0.2) is 18.2 Å². The third-order valence-corrected chi connectivity index (χ3v) is 5.16. The van der Waals surface area contributed by atoms with Gasteiger partial charge in [-0.15, -0.1) is 0 Å². The van der Waals surface area contributed by atoms with E-state index in [1.165, 1.54) is 44.0 Å². The minimum atomic E-state index is -3.92. The highest BCUT2D eigenvalue weighted by Gasteiger charge is 2.19. The highest BCUT2D eigenvalue weighted by atomic mass is 35.7. The van der Waals surface area contributed by atoms with Crippen LogP contribution in [0.2, 0.25) is 0 Å². The van der Waals surface area contributed by atoms with E-state index in [2.05, 4.69) is 9.97 Å². The monoisotopic (exact) mass is 384 g/mol. The summed E-state index contributed by atoms with van der Waals surface area (Å²) >= 11 is 0. The number of H-pyrrole nitrogens is 1. The SMILES string of the molecule is COc1cc(S(=O)(=O)Cl)ccc1-c1nc2c([nH]1)c(=O)n(C)c(=O)n2C. The molecule has 11 heteroatoms. The molecule has 3 aromatic rings. The number of aryl methyl sites for hydroxylation is 1. The van der Waals surface area contributed by atoms with Crippen LogP contribution in [0.3, 0.4) is 0 Å². The van der Waals surface area contributed by atoms with Gasteiger partial charge in [-0.3, -0.25) is 13.9 Å². The number of halogens is 1. The van der Waals surface area contributed by atoms with Crippen LogP contribution >= 0.6 is 10.7 Å². The Kier molecular flexibility index (Phi) is 3.96. The molecule has 2 heterocycles. The van der Waals surface area contributed by atoms with Crippen molar-refractivity contribution in [2.24, 2.45) is 14.1 Å². The maximum absolute atomic E-state index is 12.2. The third kappa shape index (κ3) is 2.72. The van der Waals surface area contributed by atoms with Gasteiger partial charge in [0.15, 0.2) is 5.65 Å². The molecule has 1 aromatic carbocycles. The third-order valence-electron chi connectivity index (χ3n) is 3.80. The van der Waals surface area contributed by atoms with Crippen LogP contribution in [-0.4, -0.2) is 34.6 Å². The van der Waals surface area contributed by atoms with Crippen molar-refractivity contribution in [1.82, 2.24) is 19.1 Å². The molecule has 0 bridgehead atoms. The van der Waals surface area contributed by atoms with Crippen molar-refractivity contribution in [3.63, 3.8) is 0 Å².